The highest BCUT2D eigenvalue weighted by atomic mass is 79.9. The summed E-state index contributed by atoms with van der Waals surface area (Å²) in [5.74, 6) is -0.679. The lowest BCUT2D eigenvalue weighted by atomic mass is 9.92. The molecule has 6 heteroatoms. The molecule has 1 unspecified atom stereocenters. The molecule has 0 fully saturated rings. The molecule has 0 N–H and O–H groups in total. The summed E-state index contributed by atoms with van der Waals surface area (Å²) < 4.78 is 16.4. The summed E-state index contributed by atoms with van der Waals surface area (Å²) in [6, 6.07) is 7.77. The Hall–Kier alpha value is -2.08. The Balaban J connectivity index is 2.32. The van der Waals surface area contributed by atoms with Gasteiger partial charge >= 0.3 is 11.9 Å². The second kappa shape index (κ2) is 8.68. The van der Waals surface area contributed by atoms with Crippen LogP contribution in [0.3, 0.4) is 0 Å². The first-order chi connectivity index (χ1) is 11.5. The van der Waals surface area contributed by atoms with Gasteiger partial charge in [-0.3, -0.25) is 0 Å². The molecule has 1 atom stereocenters. The molecule has 1 heterocycles. The summed E-state index contributed by atoms with van der Waals surface area (Å²) in [5, 5.41) is 0. The molecule has 0 radical (unpaired) electrons. The van der Waals surface area contributed by atoms with Crippen LogP contribution in [-0.2, 0) is 23.8 Å². The normalized spacial score (nSPS) is 18.5. The molecule has 0 bridgehead atoms. The molecule has 1 aromatic carbocycles. The molecule has 0 aromatic heterocycles. The number of benzene rings is 1. The van der Waals surface area contributed by atoms with E-state index in [1.165, 1.54) is 6.08 Å². The maximum absolute atomic E-state index is 12.0. The van der Waals surface area contributed by atoms with Gasteiger partial charge in [0.25, 0.3) is 0 Å². The van der Waals surface area contributed by atoms with Crippen LogP contribution in [-0.4, -0.2) is 25.2 Å². The van der Waals surface area contributed by atoms with E-state index in [0.717, 1.165) is 10.0 Å². The smallest absolute Gasteiger partial charge is 0.373 e. The van der Waals surface area contributed by atoms with E-state index in [4.69, 9.17) is 14.2 Å². The minimum absolute atomic E-state index is 0.0867. The van der Waals surface area contributed by atoms with Crippen molar-refractivity contribution in [2.45, 2.75) is 26.2 Å². The third-order valence-electron chi connectivity index (χ3n) is 3.33. The number of esters is 2. The second-order valence-corrected chi connectivity index (χ2v) is 6.00. The standard InChI is InChI=1S/C18H19BrO5/c1-3-22-17(20)11-15-9-13(12-6-5-7-14(19)8-12)10-16(24-15)18(21)23-4-2/h5-8,10-11,13H,3-4,9H2,1-2H3/b15-11+. The fourth-order valence-corrected chi connectivity index (χ4v) is 2.76. The molecule has 0 amide bonds. The van der Waals surface area contributed by atoms with Gasteiger partial charge in [0.1, 0.15) is 5.76 Å². The number of rotatable bonds is 5. The van der Waals surface area contributed by atoms with Crippen molar-refractivity contribution in [1.29, 1.82) is 0 Å². The van der Waals surface area contributed by atoms with Crippen LogP contribution in [0.5, 0.6) is 0 Å². The lowest BCUT2D eigenvalue weighted by Gasteiger charge is -2.23. The largest absolute Gasteiger partial charge is 0.463 e. The zero-order valence-electron chi connectivity index (χ0n) is 13.6. The van der Waals surface area contributed by atoms with Gasteiger partial charge in [-0.2, -0.15) is 0 Å². The summed E-state index contributed by atoms with van der Waals surface area (Å²) in [4.78, 5) is 23.7. The van der Waals surface area contributed by atoms with Crippen LogP contribution in [0.4, 0.5) is 0 Å². The molecule has 0 spiro atoms. The number of hydrogen-bond acceptors (Lipinski definition) is 5. The van der Waals surface area contributed by atoms with Gasteiger partial charge in [0, 0.05) is 16.8 Å². The van der Waals surface area contributed by atoms with Gasteiger partial charge in [-0.15, -0.1) is 0 Å². The average molecular weight is 395 g/mol. The van der Waals surface area contributed by atoms with E-state index < -0.39 is 11.9 Å². The first kappa shape index (κ1) is 18.3. The quantitative estimate of drug-likeness (QED) is 0.560. The van der Waals surface area contributed by atoms with Gasteiger partial charge in [-0.1, -0.05) is 28.1 Å². The molecule has 5 nitrogen and oxygen atoms in total. The molecule has 0 aliphatic carbocycles. The predicted molar refractivity (Wildman–Crippen MR) is 92.0 cm³/mol. The van der Waals surface area contributed by atoms with Crippen molar-refractivity contribution in [3.8, 4) is 0 Å². The molecule has 0 saturated heterocycles. The average Bonchev–Trinajstić information content (AvgIpc) is 2.55. The zero-order valence-corrected chi connectivity index (χ0v) is 15.2. The first-order valence-corrected chi connectivity index (χ1v) is 8.52. The second-order valence-electron chi connectivity index (χ2n) is 5.08. The Morgan fingerprint density at radius 2 is 2.04 bits per heavy atom. The Morgan fingerprint density at radius 1 is 1.29 bits per heavy atom. The fraction of sp³-hybridized carbons (Fsp3) is 0.333. The van der Waals surface area contributed by atoms with Gasteiger partial charge in [0.05, 0.1) is 19.3 Å². The van der Waals surface area contributed by atoms with Gasteiger partial charge < -0.3 is 14.2 Å². The summed E-state index contributed by atoms with van der Waals surface area (Å²) in [5.41, 5.74) is 1.00. The summed E-state index contributed by atoms with van der Waals surface area (Å²) in [6.07, 6.45) is 3.46. The Bertz CT molecular complexity index is 678. The van der Waals surface area contributed by atoms with Crippen LogP contribution >= 0.6 is 15.9 Å². The number of carbonyl (C=O) groups is 2. The van der Waals surface area contributed by atoms with Crippen molar-refractivity contribution in [3.63, 3.8) is 0 Å². The summed E-state index contributed by atoms with van der Waals surface area (Å²) in [7, 11) is 0. The molecular weight excluding hydrogens is 376 g/mol. The number of allylic oxidation sites excluding steroid dienone is 2. The minimum Gasteiger partial charge on any atom is -0.463 e. The predicted octanol–water partition coefficient (Wildman–Crippen LogP) is 3.85. The molecule has 24 heavy (non-hydrogen) atoms. The third kappa shape index (κ3) is 4.96. The van der Waals surface area contributed by atoms with Crippen LogP contribution < -0.4 is 0 Å². The van der Waals surface area contributed by atoms with Crippen molar-refractivity contribution in [1.82, 2.24) is 0 Å². The van der Waals surface area contributed by atoms with E-state index in [2.05, 4.69) is 15.9 Å². The molecule has 128 valence electrons. The van der Waals surface area contributed by atoms with Crippen molar-refractivity contribution < 1.29 is 23.8 Å². The van der Waals surface area contributed by atoms with E-state index in [-0.39, 0.29) is 24.9 Å². The zero-order chi connectivity index (χ0) is 17.5. The number of ether oxygens (including phenoxy) is 3. The molecule has 0 saturated carbocycles. The summed E-state index contributed by atoms with van der Waals surface area (Å²) in [6.45, 7) is 3.98. The van der Waals surface area contributed by atoms with Crippen molar-refractivity contribution >= 4 is 27.9 Å². The van der Waals surface area contributed by atoms with Crippen LogP contribution in [0, 0.1) is 0 Å². The monoisotopic (exact) mass is 394 g/mol. The van der Waals surface area contributed by atoms with Gasteiger partial charge in [0.15, 0.2) is 0 Å². The highest BCUT2D eigenvalue weighted by Crippen LogP contribution is 2.34. The number of hydrogen-bond donors (Lipinski definition) is 0. The SMILES string of the molecule is CCOC(=O)/C=C1\CC(c2cccc(Br)c2)C=C(C(=O)OCC)O1. The van der Waals surface area contributed by atoms with Crippen molar-refractivity contribution in [2.75, 3.05) is 13.2 Å². The Morgan fingerprint density at radius 3 is 2.71 bits per heavy atom. The van der Waals surface area contributed by atoms with E-state index in [1.807, 2.05) is 24.3 Å². The van der Waals surface area contributed by atoms with Crippen LogP contribution in [0.2, 0.25) is 0 Å². The molecule has 2 rings (SSSR count). The minimum atomic E-state index is -0.549. The highest BCUT2D eigenvalue weighted by molar-refractivity contribution is 9.10. The summed E-state index contributed by atoms with van der Waals surface area (Å²) >= 11 is 3.44. The number of halogens is 1. The van der Waals surface area contributed by atoms with Gasteiger partial charge in [0.2, 0.25) is 5.76 Å². The molecular formula is C18H19BrO5. The van der Waals surface area contributed by atoms with Crippen LogP contribution in [0.1, 0.15) is 31.7 Å². The highest BCUT2D eigenvalue weighted by Gasteiger charge is 2.26. The Kier molecular flexibility index (Phi) is 6.61. The lowest BCUT2D eigenvalue weighted by Crippen LogP contribution is -2.18. The maximum Gasteiger partial charge on any atom is 0.373 e. The van der Waals surface area contributed by atoms with Crippen LogP contribution in [0.25, 0.3) is 0 Å². The lowest BCUT2D eigenvalue weighted by molar-refractivity contribution is -0.142. The molecule has 1 aromatic rings. The van der Waals surface area contributed by atoms with E-state index in [1.54, 1.807) is 19.9 Å². The van der Waals surface area contributed by atoms with Crippen molar-refractivity contribution in [3.05, 3.63) is 58.0 Å². The van der Waals surface area contributed by atoms with E-state index in [0.29, 0.717) is 12.2 Å². The number of carbonyl (C=O) groups excluding carboxylic acids is 2. The third-order valence-corrected chi connectivity index (χ3v) is 3.83. The molecule has 1 aliphatic heterocycles. The first-order valence-electron chi connectivity index (χ1n) is 7.73. The van der Waals surface area contributed by atoms with E-state index >= 15 is 0 Å². The molecule has 1 aliphatic rings. The fourth-order valence-electron chi connectivity index (χ4n) is 2.34. The van der Waals surface area contributed by atoms with Gasteiger partial charge in [-0.05, 0) is 37.6 Å². The maximum atomic E-state index is 12.0. The van der Waals surface area contributed by atoms with Crippen molar-refractivity contribution in [2.24, 2.45) is 0 Å². The van der Waals surface area contributed by atoms with E-state index in [9.17, 15) is 9.59 Å². The Labute approximate surface area is 149 Å². The van der Waals surface area contributed by atoms with Gasteiger partial charge in [-0.25, -0.2) is 9.59 Å². The van der Waals surface area contributed by atoms with Crippen LogP contribution in [0.15, 0.2) is 52.4 Å². The topological polar surface area (TPSA) is 61.8 Å².